The standard InChI is InChI=1S/C20H22N8O5/c21-17-14-18(25-7-24-17)28(8-26-14)20-16(31)15(30)12(33-20)5-22-6-13(29)27-11-3-1-2-9-10(11)4-23-19(9)32/h1-3,7-8,12,15-16,20,22,30-31H,4-6H2,(H,23,32)(H,27,29)(H2,21,24,25). The summed E-state index contributed by atoms with van der Waals surface area (Å²) in [7, 11) is 0. The fraction of sp³-hybridized carbons (Fsp3) is 0.350. The van der Waals surface area contributed by atoms with Gasteiger partial charge in [0.2, 0.25) is 5.91 Å². The number of ether oxygens (including phenoxy) is 1. The van der Waals surface area contributed by atoms with Crippen LogP contribution in [0.15, 0.2) is 30.9 Å². The Bertz CT molecular complexity index is 1230. The second-order valence-corrected chi connectivity index (χ2v) is 7.82. The Balaban J connectivity index is 1.19. The fourth-order valence-corrected chi connectivity index (χ4v) is 4.08. The molecule has 0 bridgehead atoms. The van der Waals surface area contributed by atoms with Gasteiger partial charge >= 0.3 is 0 Å². The molecule has 3 aromatic rings. The molecule has 13 heteroatoms. The Morgan fingerprint density at radius 3 is 2.97 bits per heavy atom. The number of carbonyl (C=O) groups is 2. The number of hydrogen-bond acceptors (Lipinski definition) is 10. The van der Waals surface area contributed by atoms with Crippen LogP contribution >= 0.6 is 0 Å². The first-order valence-corrected chi connectivity index (χ1v) is 10.3. The van der Waals surface area contributed by atoms with Gasteiger partial charge in [-0.05, 0) is 12.1 Å². The molecule has 2 amide bonds. The number of nitrogens with zero attached hydrogens (tertiary/aromatic N) is 4. The van der Waals surface area contributed by atoms with Gasteiger partial charge in [-0.1, -0.05) is 6.07 Å². The highest BCUT2D eigenvalue weighted by atomic mass is 16.6. The monoisotopic (exact) mass is 454 g/mol. The highest BCUT2D eigenvalue weighted by Crippen LogP contribution is 2.31. The highest BCUT2D eigenvalue weighted by Gasteiger charge is 2.44. The van der Waals surface area contributed by atoms with Crippen molar-refractivity contribution in [2.75, 3.05) is 24.1 Å². The predicted octanol–water partition coefficient (Wildman–Crippen LogP) is -1.50. The van der Waals surface area contributed by atoms with Crippen molar-refractivity contribution in [2.24, 2.45) is 0 Å². The summed E-state index contributed by atoms with van der Waals surface area (Å²) in [5, 5.41) is 29.4. The molecule has 172 valence electrons. The summed E-state index contributed by atoms with van der Waals surface area (Å²) in [5.74, 6) is -0.292. The quantitative estimate of drug-likeness (QED) is 0.256. The van der Waals surface area contributed by atoms with Crippen molar-refractivity contribution in [1.29, 1.82) is 0 Å². The lowest BCUT2D eigenvalue weighted by atomic mass is 10.1. The van der Waals surface area contributed by atoms with Crippen molar-refractivity contribution in [3.63, 3.8) is 0 Å². The molecule has 0 spiro atoms. The maximum Gasteiger partial charge on any atom is 0.251 e. The smallest absolute Gasteiger partial charge is 0.251 e. The van der Waals surface area contributed by atoms with E-state index in [-0.39, 0.29) is 30.7 Å². The average molecular weight is 454 g/mol. The predicted molar refractivity (Wildman–Crippen MR) is 115 cm³/mol. The van der Waals surface area contributed by atoms with Crippen LogP contribution in [0.1, 0.15) is 22.1 Å². The number of aliphatic hydroxyl groups excluding tert-OH is 2. The summed E-state index contributed by atoms with van der Waals surface area (Å²) >= 11 is 0. The summed E-state index contributed by atoms with van der Waals surface area (Å²) < 4.78 is 7.32. The molecule has 4 heterocycles. The number of nitrogens with two attached hydrogens (primary N) is 1. The van der Waals surface area contributed by atoms with Gasteiger partial charge in [0.05, 0.1) is 12.9 Å². The number of benzene rings is 1. The van der Waals surface area contributed by atoms with E-state index >= 15 is 0 Å². The van der Waals surface area contributed by atoms with Gasteiger partial charge in [-0.15, -0.1) is 0 Å². The Labute approximate surface area is 187 Å². The van der Waals surface area contributed by atoms with Gasteiger partial charge in [-0.25, -0.2) is 15.0 Å². The van der Waals surface area contributed by atoms with E-state index < -0.39 is 24.5 Å². The molecule has 2 aliphatic heterocycles. The van der Waals surface area contributed by atoms with E-state index in [0.29, 0.717) is 29.0 Å². The van der Waals surface area contributed by atoms with Crippen molar-refractivity contribution in [2.45, 2.75) is 31.1 Å². The minimum atomic E-state index is -1.24. The second kappa shape index (κ2) is 8.37. The van der Waals surface area contributed by atoms with Crippen molar-refractivity contribution in [3.8, 4) is 0 Å². The number of aliphatic hydroxyl groups is 2. The molecule has 4 unspecified atom stereocenters. The number of rotatable bonds is 6. The fourth-order valence-electron chi connectivity index (χ4n) is 4.08. The Morgan fingerprint density at radius 2 is 2.12 bits per heavy atom. The zero-order chi connectivity index (χ0) is 23.1. The van der Waals surface area contributed by atoms with E-state index in [4.69, 9.17) is 10.5 Å². The number of nitrogen functional groups attached to an aromatic ring is 1. The van der Waals surface area contributed by atoms with E-state index in [1.54, 1.807) is 18.2 Å². The Hall–Kier alpha value is -3.65. The molecular formula is C20H22N8O5. The first-order valence-electron chi connectivity index (χ1n) is 10.3. The van der Waals surface area contributed by atoms with E-state index in [0.717, 1.165) is 5.56 Å². The van der Waals surface area contributed by atoms with Crippen LogP contribution in [0.5, 0.6) is 0 Å². The molecule has 1 aromatic carbocycles. The number of carbonyl (C=O) groups excluding carboxylic acids is 2. The zero-order valence-corrected chi connectivity index (χ0v) is 17.3. The molecule has 0 aliphatic carbocycles. The molecule has 2 aromatic heterocycles. The van der Waals surface area contributed by atoms with Gasteiger partial charge in [-0.3, -0.25) is 14.2 Å². The lowest BCUT2D eigenvalue weighted by Gasteiger charge is -2.16. The third kappa shape index (κ3) is 3.76. The third-order valence-corrected chi connectivity index (χ3v) is 5.75. The van der Waals surface area contributed by atoms with Crippen LogP contribution in [0, 0.1) is 0 Å². The van der Waals surface area contributed by atoms with Crippen molar-refractivity contribution >= 4 is 34.5 Å². The SMILES string of the molecule is Nc1ncnc2c1ncn2C1OC(CNCC(=O)Nc2cccc3c2CNC3=O)C(O)C1O. The van der Waals surface area contributed by atoms with Gasteiger partial charge in [0.1, 0.15) is 30.2 Å². The van der Waals surface area contributed by atoms with Gasteiger partial charge in [0, 0.05) is 29.9 Å². The number of aromatic nitrogens is 4. The Kier molecular flexibility index (Phi) is 5.38. The molecule has 7 N–H and O–H groups in total. The van der Waals surface area contributed by atoms with E-state index in [9.17, 15) is 19.8 Å². The lowest BCUT2D eigenvalue weighted by molar-refractivity contribution is -0.115. The first-order chi connectivity index (χ1) is 15.9. The molecule has 1 fully saturated rings. The number of nitrogens with one attached hydrogen (secondary N) is 3. The number of amides is 2. The van der Waals surface area contributed by atoms with Gasteiger partial charge in [0.25, 0.3) is 5.91 Å². The number of hydrogen-bond donors (Lipinski definition) is 6. The topological polar surface area (TPSA) is 190 Å². The first kappa shape index (κ1) is 21.2. The van der Waals surface area contributed by atoms with Gasteiger partial charge in [-0.2, -0.15) is 0 Å². The number of anilines is 2. The summed E-state index contributed by atoms with van der Waals surface area (Å²) in [4.78, 5) is 36.3. The molecule has 33 heavy (non-hydrogen) atoms. The second-order valence-electron chi connectivity index (χ2n) is 7.82. The summed E-state index contributed by atoms with van der Waals surface area (Å²) in [6.07, 6.45) is -1.46. The van der Waals surface area contributed by atoms with E-state index in [1.165, 1.54) is 17.2 Å². The van der Waals surface area contributed by atoms with Crippen LogP contribution in [0.3, 0.4) is 0 Å². The van der Waals surface area contributed by atoms with Crippen LogP contribution in [0.4, 0.5) is 11.5 Å². The molecule has 1 saturated heterocycles. The van der Waals surface area contributed by atoms with E-state index in [1.807, 2.05) is 0 Å². The zero-order valence-electron chi connectivity index (χ0n) is 17.3. The average Bonchev–Trinajstić information content (AvgIpc) is 3.47. The van der Waals surface area contributed by atoms with Crippen molar-refractivity contribution < 1.29 is 24.5 Å². The van der Waals surface area contributed by atoms with Gasteiger partial charge < -0.3 is 36.6 Å². The minimum absolute atomic E-state index is 0.0594. The minimum Gasteiger partial charge on any atom is -0.387 e. The number of imidazole rings is 1. The number of fused-ring (bicyclic) bond motifs is 2. The van der Waals surface area contributed by atoms with Crippen LogP contribution < -0.4 is 21.7 Å². The normalized spacial score (nSPS) is 24.1. The van der Waals surface area contributed by atoms with Crippen LogP contribution in [0.25, 0.3) is 11.2 Å². The molecule has 0 radical (unpaired) electrons. The van der Waals surface area contributed by atoms with Crippen LogP contribution in [-0.2, 0) is 16.1 Å². The van der Waals surface area contributed by atoms with Crippen molar-refractivity contribution in [3.05, 3.63) is 42.0 Å². The summed E-state index contributed by atoms with van der Waals surface area (Å²) in [6, 6.07) is 5.14. The maximum atomic E-state index is 12.4. The molecular weight excluding hydrogens is 432 g/mol. The largest absolute Gasteiger partial charge is 0.387 e. The highest BCUT2D eigenvalue weighted by molar-refractivity contribution is 6.02. The molecule has 13 nitrogen and oxygen atoms in total. The van der Waals surface area contributed by atoms with Crippen LogP contribution in [-0.4, -0.2) is 72.9 Å². The molecule has 2 aliphatic rings. The van der Waals surface area contributed by atoms with E-state index in [2.05, 4.69) is 30.9 Å². The molecule has 4 atom stereocenters. The summed E-state index contributed by atoms with van der Waals surface area (Å²) in [6.45, 7) is 0.411. The van der Waals surface area contributed by atoms with Gasteiger partial charge in [0.15, 0.2) is 17.7 Å². The molecule has 5 rings (SSSR count). The van der Waals surface area contributed by atoms with Crippen LogP contribution in [0.2, 0.25) is 0 Å². The van der Waals surface area contributed by atoms with Crippen molar-refractivity contribution in [1.82, 2.24) is 30.2 Å². The maximum absolute atomic E-state index is 12.4. The molecule has 0 saturated carbocycles. The summed E-state index contributed by atoms with van der Waals surface area (Å²) in [5.41, 5.74) is 8.39. The Morgan fingerprint density at radius 1 is 1.27 bits per heavy atom. The third-order valence-electron chi connectivity index (χ3n) is 5.75. The lowest BCUT2D eigenvalue weighted by Crippen LogP contribution is -2.40.